The molecule has 0 aromatic rings. The van der Waals surface area contributed by atoms with Crippen molar-refractivity contribution in [3.8, 4) is 0 Å². The van der Waals surface area contributed by atoms with Gasteiger partial charge in [-0.05, 0) is 30.8 Å². The van der Waals surface area contributed by atoms with Gasteiger partial charge >= 0.3 is 0 Å². The molecule has 0 aliphatic carbocycles. The van der Waals surface area contributed by atoms with Gasteiger partial charge < -0.3 is 5.01 Å². The number of piperidine rings is 1. The molecule has 2 heteroatoms. The molecular weight excluding hydrogens is 148 g/mol. The molecule has 0 radical (unpaired) electrons. The summed E-state index contributed by atoms with van der Waals surface area (Å²) in [5.41, 5.74) is 7.00. The van der Waals surface area contributed by atoms with Gasteiger partial charge in [0, 0.05) is 18.8 Å². The first-order chi connectivity index (χ1) is 5.58. The lowest BCUT2D eigenvalue weighted by atomic mass is 9.81. The highest BCUT2D eigenvalue weighted by atomic mass is 15.5. The molecule has 0 spiro atoms. The Morgan fingerprint density at radius 1 is 1.42 bits per heavy atom. The van der Waals surface area contributed by atoms with Crippen molar-refractivity contribution in [2.24, 2.45) is 5.41 Å². The van der Waals surface area contributed by atoms with Gasteiger partial charge in [-0.3, -0.25) is 0 Å². The summed E-state index contributed by atoms with van der Waals surface area (Å²) in [5, 5.41) is 2.33. The van der Waals surface area contributed by atoms with Gasteiger partial charge in [-0.1, -0.05) is 13.8 Å². The standard InChI is InChI=1S/C10H18N2/c1-8-7-11-12-5-4-10(2,3)6-9(8)12/h11H,4-7H2,1-3H3. The Bertz CT molecular complexity index is 228. The van der Waals surface area contributed by atoms with Crippen LogP contribution in [0.2, 0.25) is 0 Å². The average molecular weight is 166 g/mol. The summed E-state index contributed by atoms with van der Waals surface area (Å²) >= 11 is 0. The first kappa shape index (κ1) is 8.11. The fraction of sp³-hybridized carbons (Fsp3) is 0.800. The number of rotatable bonds is 0. The van der Waals surface area contributed by atoms with E-state index in [4.69, 9.17) is 0 Å². The van der Waals surface area contributed by atoms with E-state index in [1.807, 2.05) is 0 Å². The zero-order valence-corrected chi connectivity index (χ0v) is 8.28. The highest BCUT2D eigenvalue weighted by Crippen LogP contribution is 2.37. The quantitative estimate of drug-likeness (QED) is 0.591. The van der Waals surface area contributed by atoms with Crippen LogP contribution in [0.5, 0.6) is 0 Å². The molecule has 1 fully saturated rings. The highest BCUT2D eigenvalue weighted by molar-refractivity contribution is 5.19. The zero-order chi connectivity index (χ0) is 8.77. The maximum Gasteiger partial charge on any atom is 0.0378 e. The molecule has 0 saturated carbocycles. The van der Waals surface area contributed by atoms with Crippen LogP contribution in [-0.2, 0) is 0 Å². The van der Waals surface area contributed by atoms with Crippen LogP contribution in [0.3, 0.4) is 0 Å². The lowest BCUT2D eigenvalue weighted by molar-refractivity contribution is 0.155. The van der Waals surface area contributed by atoms with Crippen molar-refractivity contribution in [3.05, 3.63) is 11.3 Å². The minimum atomic E-state index is 0.513. The van der Waals surface area contributed by atoms with Crippen molar-refractivity contribution >= 4 is 0 Å². The molecule has 2 aliphatic rings. The third-order valence-corrected chi connectivity index (χ3v) is 3.01. The van der Waals surface area contributed by atoms with E-state index in [1.165, 1.54) is 25.0 Å². The van der Waals surface area contributed by atoms with E-state index in [-0.39, 0.29) is 0 Å². The van der Waals surface area contributed by atoms with Crippen molar-refractivity contribution < 1.29 is 0 Å². The number of nitrogens with zero attached hydrogens (tertiary/aromatic N) is 1. The summed E-state index contributed by atoms with van der Waals surface area (Å²) in [4.78, 5) is 0. The third-order valence-electron chi connectivity index (χ3n) is 3.01. The first-order valence-electron chi connectivity index (χ1n) is 4.78. The SMILES string of the molecule is CC1=C2CC(C)(C)CCN2NC1. The molecule has 0 amide bonds. The molecule has 0 aromatic carbocycles. The summed E-state index contributed by atoms with van der Waals surface area (Å²) < 4.78 is 0. The van der Waals surface area contributed by atoms with E-state index in [1.54, 1.807) is 5.70 Å². The summed E-state index contributed by atoms with van der Waals surface area (Å²) in [5.74, 6) is 0. The molecule has 0 aromatic heterocycles. The van der Waals surface area contributed by atoms with Gasteiger partial charge in [-0.25, -0.2) is 5.43 Å². The largest absolute Gasteiger partial charge is 0.312 e. The normalized spacial score (nSPS) is 27.8. The number of nitrogens with one attached hydrogen (secondary N) is 1. The van der Waals surface area contributed by atoms with E-state index in [9.17, 15) is 0 Å². The average Bonchev–Trinajstić information content (AvgIpc) is 2.31. The molecule has 0 bridgehead atoms. The van der Waals surface area contributed by atoms with Crippen LogP contribution in [0.15, 0.2) is 11.3 Å². The van der Waals surface area contributed by atoms with Crippen molar-refractivity contribution in [1.29, 1.82) is 0 Å². The molecule has 2 aliphatic heterocycles. The van der Waals surface area contributed by atoms with Gasteiger partial charge in [0.1, 0.15) is 0 Å². The third kappa shape index (κ3) is 1.24. The molecule has 12 heavy (non-hydrogen) atoms. The molecule has 1 N–H and O–H groups in total. The summed E-state index contributed by atoms with van der Waals surface area (Å²) in [6, 6.07) is 0. The molecular formula is C10H18N2. The van der Waals surface area contributed by atoms with Crippen LogP contribution < -0.4 is 5.43 Å². The monoisotopic (exact) mass is 166 g/mol. The number of hydrogen-bond donors (Lipinski definition) is 1. The minimum Gasteiger partial charge on any atom is -0.312 e. The van der Waals surface area contributed by atoms with Crippen LogP contribution in [0, 0.1) is 5.41 Å². The molecule has 2 rings (SSSR count). The smallest absolute Gasteiger partial charge is 0.0378 e. The Balaban J connectivity index is 2.20. The number of hydrazine groups is 1. The van der Waals surface area contributed by atoms with Gasteiger partial charge in [-0.15, -0.1) is 0 Å². The number of fused-ring (bicyclic) bond motifs is 1. The fourth-order valence-electron chi connectivity index (χ4n) is 2.06. The number of allylic oxidation sites excluding steroid dienone is 1. The van der Waals surface area contributed by atoms with E-state index in [2.05, 4.69) is 31.2 Å². The Kier molecular flexibility index (Phi) is 1.69. The zero-order valence-electron chi connectivity index (χ0n) is 8.28. The highest BCUT2D eigenvalue weighted by Gasteiger charge is 2.32. The van der Waals surface area contributed by atoms with Crippen molar-refractivity contribution in [3.63, 3.8) is 0 Å². The Morgan fingerprint density at radius 3 is 2.92 bits per heavy atom. The van der Waals surface area contributed by atoms with E-state index in [0.29, 0.717) is 5.41 Å². The molecule has 1 saturated heterocycles. The molecule has 0 atom stereocenters. The van der Waals surface area contributed by atoms with Gasteiger partial charge in [0.25, 0.3) is 0 Å². The van der Waals surface area contributed by atoms with Crippen LogP contribution >= 0.6 is 0 Å². The Morgan fingerprint density at radius 2 is 2.17 bits per heavy atom. The maximum atomic E-state index is 3.41. The number of hydrogen-bond acceptors (Lipinski definition) is 2. The molecule has 0 unspecified atom stereocenters. The summed E-state index contributed by atoms with van der Waals surface area (Å²) in [6.45, 7) is 9.21. The lowest BCUT2D eigenvalue weighted by Gasteiger charge is -2.37. The van der Waals surface area contributed by atoms with E-state index < -0.39 is 0 Å². The van der Waals surface area contributed by atoms with Gasteiger partial charge in [-0.2, -0.15) is 0 Å². The van der Waals surface area contributed by atoms with Gasteiger partial charge in [0.15, 0.2) is 0 Å². The van der Waals surface area contributed by atoms with E-state index in [0.717, 1.165) is 6.54 Å². The van der Waals surface area contributed by atoms with Gasteiger partial charge in [0.05, 0.1) is 0 Å². The Labute approximate surface area is 74.6 Å². The van der Waals surface area contributed by atoms with Crippen LogP contribution in [-0.4, -0.2) is 18.1 Å². The van der Waals surface area contributed by atoms with Crippen molar-refractivity contribution in [2.45, 2.75) is 33.6 Å². The van der Waals surface area contributed by atoms with Crippen LogP contribution in [0.25, 0.3) is 0 Å². The van der Waals surface area contributed by atoms with Crippen molar-refractivity contribution in [1.82, 2.24) is 10.4 Å². The topological polar surface area (TPSA) is 15.3 Å². The predicted molar refractivity (Wildman–Crippen MR) is 50.4 cm³/mol. The molecule has 68 valence electrons. The maximum absolute atomic E-state index is 3.41. The van der Waals surface area contributed by atoms with E-state index >= 15 is 0 Å². The summed E-state index contributed by atoms with van der Waals surface area (Å²) in [6.07, 6.45) is 2.54. The molecule has 2 heterocycles. The second-order valence-corrected chi connectivity index (χ2v) is 4.80. The predicted octanol–water partition coefficient (Wildman–Crippen LogP) is 1.90. The van der Waals surface area contributed by atoms with Gasteiger partial charge in [0.2, 0.25) is 0 Å². The second-order valence-electron chi connectivity index (χ2n) is 4.80. The molecule has 2 nitrogen and oxygen atoms in total. The fourth-order valence-corrected chi connectivity index (χ4v) is 2.06. The minimum absolute atomic E-state index is 0.513. The van der Waals surface area contributed by atoms with Crippen molar-refractivity contribution in [2.75, 3.05) is 13.1 Å². The van der Waals surface area contributed by atoms with Crippen LogP contribution in [0.1, 0.15) is 33.6 Å². The first-order valence-corrected chi connectivity index (χ1v) is 4.78. The second kappa shape index (κ2) is 2.49. The summed E-state index contributed by atoms with van der Waals surface area (Å²) in [7, 11) is 0. The lowest BCUT2D eigenvalue weighted by Crippen LogP contribution is -2.39. The Hall–Kier alpha value is -0.500. The van der Waals surface area contributed by atoms with Crippen LogP contribution in [0.4, 0.5) is 0 Å².